The minimum atomic E-state index is -0.781. The number of aromatic amines is 1. The topological polar surface area (TPSA) is 81.8 Å². The number of amides is 3. The van der Waals surface area contributed by atoms with Gasteiger partial charge in [0.05, 0.1) is 12.2 Å². The molecule has 34 heavy (non-hydrogen) atoms. The Morgan fingerprint density at radius 3 is 2.59 bits per heavy atom. The summed E-state index contributed by atoms with van der Waals surface area (Å²) in [4.78, 5) is 40.5. The standard InChI is InChI=1S/C26H31N5O3/c1-34-16-6-13-31-25(33)30(19-21-8-4-5-12-27-21)24(32)26(31)10-14-29(15-11-26)18-22-17-20-7-2-3-9-23(20)28-22/h2-5,7-9,12,17,28H,6,10-11,13-16,18-19H2,1H3. The number of fused-ring (bicyclic) bond motifs is 1. The largest absolute Gasteiger partial charge is 0.385 e. The highest BCUT2D eigenvalue weighted by Crippen LogP contribution is 2.38. The summed E-state index contributed by atoms with van der Waals surface area (Å²) < 4.78 is 5.21. The molecule has 2 aliphatic rings. The number of aromatic nitrogens is 2. The lowest BCUT2D eigenvalue weighted by atomic mass is 9.85. The zero-order valence-electron chi connectivity index (χ0n) is 19.6. The van der Waals surface area contributed by atoms with E-state index < -0.39 is 5.54 Å². The van der Waals surface area contributed by atoms with E-state index in [0.29, 0.717) is 38.1 Å². The molecule has 2 saturated heterocycles. The van der Waals surface area contributed by atoms with E-state index in [9.17, 15) is 9.59 Å². The molecule has 178 valence electrons. The van der Waals surface area contributed by atoms with Gasteiger partial charge in [-0.2, -0.15) is 0 Å². The van der Waals surface area contributed by atoms with Crippen molar-refractivity contribution in [1.29, 1.82) is 0 Å². The minimum Gasteiger partial charge on any atom is -0.385 e. The van der Waals surface area contributed by atoms with Gasteiger partial charge in [-0.25, -0.2) is 4.79 Å². The zero-order valence-corrected chi connectivity index (χ0v) is 19.6. The van der Waals surface area contributed by atoms with E-state index in [4.69, 9.17) is 4.74 Å². The molecule has 2 aliphatic heterocycles. The van der Waals surface area contributed by atoms with Crippen LogP contribution < -0.4 is 0 Å². The fourth-order valence-electron chi connectivity index (χ4n) is 5.28. The molecule has 0 aliphatic carbocycles. The Morgan fingerprint density at radius 2 is 1.85 bits per heavy atom. The van der Waals surface area contributed by atoms with Crippen molar-refractivity contribution in [3.63, 3.8) is 0 Å². The third kappa shape index (κ3) is 4.19. The SMILES string of the molecule is COCCCN1C(=O)N(Cc2ccccn2)C(=O)C12CCN(Cc1cc3ccccc3[nH]1)CC2. The monoisotopic (exact) mass is 461 g/mol. The first-order valence-electron chi connectivity index (χ1n) is 11.9. The number of carbonyl (C=O) groups is 2. The van der Waals surface area contributed by atoms with Gasteiger partial charge < -0.3 is 14.6 Å². The van der Waals surface area contributed by atoms with E-state index in [1.807, 2.05) is 30.3 Å². The van der Waals surface area contributed by atoms with Crippen LogP contribution in [0.2, 0.25) is 0 Å². The number of ether oxygens (including phenoxy) is 1. The predicted octanol–water partition coefficient (Wildman–Crippen LogP) is 3.40. The van der Waals surface area contributed by atoms with Crippen LogP contribution in [0.4, 0.5) is 4.79 Å². The average Bonchev–Trinajstić information content (AvgIpc) is 3.35. The lowest BCUT2D eigenvalue weighted by Crippen LogP contribution is -2.56. The normalized spacial score (nSPS) is 18.5. The van der Waals surface area contributed by atoms with E-state index >= 15 is 0 Å². The van der Waals surface area contributed by atoms with E-state index in [1.54, 1.807) is 18.2 Å². The van der Waals surface area contributed by atoms with Gasteiger partial charge in [0.2, 0.25) is 0 Å². The van der Waals surface area contributed by atoms with Crippen LogP contribution in [-0.2, 0) is 22.6 Å². The Labute approximate surface area is 199 Å². The van der Waals surface area contributed by atoms with Crippen molar-refractivity contribution in [3.8, 4) is 0 Å². The highest BCUT2D eigenvalue weighted by atomic mass is 16.5. The number of H-pyrrole nitrogens is 1. The second-order valence-electron chi connectivity index (χ2n) is 9.18. The van der Waals surface area contributed by atoms with E-state index in [1.165, 1.54) is 16.0 Å². The first-order valence-corrected chi connectivity index (χ1v) is 11.9. The molecule has 0 bridgehead atoms. The summed E-state index contributed by atoms with van der Waals surface area (Å²) in [5.41, 5.74) is 2.24. The molecule has 8 heteroatoms. The minimum absolute atomic E-state index is 0.0918. The van der Waals surface area contributed by atoms with Crippen molar-refractivity contribution in [3.05, 3.63) is 66.1 Å². The highest BCUT2D eigenvalue weighted by molar-refractivity contribution is 6.07. The number of nitrogens with one attached hydrogen (secondary N) is 1. The van der Waals surface area contributed by atoms with Crippen molar-refractivity contribution in [2.75, 3.05) is 33.4 Å². The molecular formula is C26H31N5O3. The number of imide groups is 1. The van der Waals surface area contributed by atoms with Gasteiger partial charge in [-0.1, -0.05) is 24.3 Å². The second-order valence-corrected chi connectivity index (χ2v) is 9.18. The highest BCUT2D eigenvalue weighted by Gasteiger charge is 2.57. The van der Waals surface area contributed by atoms with Crippen LogP contribution in [0.1, 0.15) is 30.7 Å². The molecule has 1 aromatic carbocycles. The molecule has 0 atom stereocenters. The summed E-state index contributed by atoms with van der Waals surface area (Å²) >= 11 is 0. The van der Waals surface area contributed by atoms with E-state index in [0.717, 1.165) is 25.2 Å². The maximum Gasteiger partial charge on any atom is 0.328 e. The smallest absolute Gasteiger partial charge is 0.328 e. The molecule has 0 radical (unpaired) electrons. The van der Waals surface area contributed by atoms with Crippen LogP contribution in [0.3, 0.4) is 0 Å². The van der Waals surface area contributed by atoms with Crippen LogP contribution in [0, 0.1) is 0 Å². The molecular weight excluding hydrogens is 430 g/mol. The molecule has 1 N–H and O–H groups in total. The van der Waals surface area contributed by atoms with Crippen molar-refractivity contribution in [1.82, 2.24) is 24.7 Å². The lowest BCUT2D eigenvalue weighted by Gasteiger charge is -2.42. The summed E-state index contributed by atoms with van der Waals surface area (Å²) in [6.45, 7) is 3.59. The van der Waals surface area contributed by atoms with Crippen LogP contribution in [-0.4, -0.2) is 75.5 Å². The van der Waals surface area contributed by atoms with Crippen molar-refractivity contribution >= 4 is 22.8 Å². The molecule has 2 fully saturated rings. The van der Waals surface area contributed by atoms with E-state index in [2.05, 4.69) is 33.1 Å². The van der Waals surface area contributed by atoms with Crippen LogP contribution in [0.15, 0.2) is 54.7 Å². The van der Waals surface area contributed by atoms with Crippen LogP contribution >= 0.6 is 0 Å². The maximum atomic E-state index is 13.7. The predicted molar refractivity (Wildman–Crippen MR) is 129 cm³/mol. The third-order valence-electron chi connectivity index (χ3n) is 7.06. The summed E-state index contributed by atoms with van der Waals surface area (Å²) in [6.07, 6.45) is 3.65. The maximum absolute atomic E-state index is 13.7. The number of hydrogen-bond donors (Lipinski definition) is 1. The van der Waals surface area contributed by atoms with Crippen molar-refractivity contribution in [2.45, 2.75) is 37.9 Å². The van der Waals surface area contributed by atoms with Gasteiger partial charge >= 0.3 is 6.03 Å². The summed E-state index contributed by atoms with van der Waals surface area (Å²) in [5.74, 6) is -0.0918. The van der Waals surface area contributed by atoms with Gasteiger partial charge in [-0.15, -0.1) is 0 Å². The molecule has 5 rings (SSSR count). The van der Waals surface area contributed by atoms with Gasteiger partial charge in [0, 0.05) is 57.3 Å². The van der Waals surface area contributed by atoms with Gasteiger partial charge in [0.1, 0.15) is 5.54 Å². The van der Waals surface area contributed by atoms with Crippen molar-refractivity contribution in [2.24, 2.45) is 0 Å². The number of hydrogen-bond acceptors (Lipinski definition) is 5. The number of methoxy groups -OCH3 is 1. The number of nitrogens with zero attached hydrogens (tertiary/aromatic N) is 4. The first kappa shape index (κ1) is 22.6. The quantitative estimate of drug-likeness (QED) is 0.411. The summed E-state index contributed by atoms with van der Waals surface area (Å²) in [5, 5.41) is 1.21. The Kier molecular flexibility index (Phi) is 6.34. The van der Waals surface area contributed by atoms with Crippen molar-refractivity contribution < 1.29 is 14.3 Å². The first-order chi connectivity index (χ1) is 16.6. The number of urea groups is 1. The number of rotatable bonds is 8. The number of benzene rings is 1. The third-order valence-corrected chi connectivity index (χ3v) is 7.06. The Bertz CT molecular complexity index is 1120. The molecule has 2 aromatic heterocycles. The molecule has 0 unspecified atom stereocenters. The number of carbonyl (C=O) groups excluding carboxylic acids is 2. The van der Waals surface area contributed by atoms with Gasteiger partial charge in [-0.05, 0) is 48.9 Å². The van der Waals surface area contributed by atoms with Crippen LogP contribution in [0.5, 0.6) is 0 Å². The number of pyridine rings is 1. The fourth-order valence-corrected chi connectivity index (χ4v) is 5.28. The zero-order chi connectivity index (χ0) is 23.5. The van der Waals surface area contributed by atoms with E-state index in [-0.39, 0.29) is 18.5 Å². The Morgan fingerprint density at radius 1 is 1.06 bits per heavy atom. The lowest BCUT2D eigenvalue weighted by molar-refractivity contribution is -0.136. The molecule has 0 saturated carbocycles. The fraction of sp³-hybridized carbons (Fsp3) is 0.423. The average molecular weight is 462 g/mol. The Hall–Kier alpha value is -3.23. The molecule has 4 heterocycles. The molecule has 3 amide bonds. The summed E-state index contributed by atoms with van der Waals surface area (Å²) in [6, 6.07) is 15.8. The van der Waals surface area contributed by atoms with Gasteiger partial charge in [0.15, 0.2) is 0 Å². The molecule has 3 aromatic rings. The van der Waals surface area contributed by atoms with Crippen LogP contribution in [0.25, 0.3) is 10.9 Å². The van der Waals surface area contributed by atoms with Gasteiger partial charge in [0.25, 0.3) is 5.91 Å². The summed E-state index contributed by atoms with van der Waals surface area (Å²) in [7, 11) is 1.66. The second kappa shape index (κ2) is 9.56. The number of piperidine rings is 1. The number of likely N-dealkylation sites (tertiary alicyclic amines) is 1. The van der Waals surface area contributed by atoms with Gasteiger partial charge in [-0.3, -0.25) is 19.6 Å². The molecule has 1 spiro atoms. The molecule has 8 nitrogen and oxygen atoms in total. The number of para-hydroxylation sites is 1. The Balaban J connectivity index is 1.32.